The van der Waals surface area contributed by atoms with Gasteiger partial charge in [-0.1, -0.05) is 19.1 Å². The van der Waals surface area contributed by atoms with Crippen LogP contribution in [0.25, 0.3) is 20.7 Å². The zero-order valence-corrected chi connectivity index (χ0v) is 16.5. The molecule has 0 aliphatic rings. The molecule has 0 bridgehead atoms. The molecule has 0 spiro atoms. The van der Waals surface area contributed by atoms with Gasteiger partial charge in [0.25, 0.3) is 0 Å². The highest BCUT2D eigenvalue weighted by Crippen LogP contribution is 2.39. The molecule has 1 atom stereocenters. The smallest absolute Gasteiger partial charge is 0.220 e. The third-order valence-electron chi connectivity index (χ3n) is 4.73. The van der Waals surface area contributed by atoms with Crippen LogP contribution < -0.4 is 16.2 Å². The van der Waals surface area contributed by atoms with Crippen molar-refractivity contribution in [2.24, 2.45) is 5.73 Å². The Morgan fingerprint density at radius 2 is 2.04 bits per heavy atom. The average molecular weight is 392 g/mol. The van der Waals surface area contributed by atoms with Gasteiger partial charge >= 0.3 is 0 Å². The Labute approximate surface area is 167 Å². The van der Waals surface area contributed by atoms with E-state index in [-0.39, 0.29) is 12.0 Å². The van der Waals surface area contributed by atoms with Crippen molar-refractivity contribution in [3.05, 3.63) is 65.6 Å². The number of nitrogens with two attached hydrogens (primary N) is 2. The molecule has 142 valence electrons. The topological polar surface area (TPSA) is 99.9 Å². The molecule has 0 saturated carbocycles. The third-order valence-corrected chi connectivity index (χ3v) is 5.94. The number of aryl methyl sites for hydroxylation is 1. The number of pyridine rings is 1. The van der Waals surface area contributed by atoms with Crippen LogP contribution in [0.1, 0.15) is 29.8 Å². The number of hydrogen-bond donors (Lipinski definition) is 2. The number of methoxy groups -OCH3 is 1. The molecule has 1 unspecified atom stereocenters. The molecule has 1 aromatic carbocycles. The molecular weight excluding hydrogens is 370 g/mol. The predicted molar refractivity (Wildman–Crippen MR) is 113 cm³/mol. The van der Waals surface area contributed by atoms with Gasteiger partial charge in [-0.3, -0.25) is 4.98 Å². The summed E-state index contributed by atoms with van der Waals surface area (Å²) in [5.74, 6) is 1.05. The predicted octanol–water partition coefficient (Wildman–Crippen LogP) is 3.95. The first kappa shape index (κ1) is 18.3. The second-order valence-electron chi connectivity index (χ2n) is 6.42. The molecule has 3 heterocycles. The molecule has 0 radical (unpaired) electrons. The molecule has 4 aromatic rings. The van der Waals surface area contributed by atoms with E-state index in [1.165, 1.54) is 5.56 Å². The summed E-state index contributed by atoms with van der Waals surface area (Å²) in [6.07, 6.45) is 4.45. The highest BCUT2D eigenvalue weighted by molar-refractivity contribution is 7.22. The van der Waals surface area contributed by atoms with Gasteiger partial charge in [-0.25, -0.2) is 9.97 Å². The SMILES string of the molecule is CCc1c(-c2ccnc(N)n2)sc2cnc(C(N)c3cccc(OC)c3)cc12. The summed E-state index contributed by atoms with van der Waals surface area (Å²) >= 11 is 1.66. The van der Waals surface area contributed by atoms with Gasteiger partial charge in [-0.05, 0) is 47.2 Å². The quantitative estimate of drug-likeness (QED) is 0.534. The van der Waals surface area contributed by atoms with Crippen LogP contribution in [-0.2, 0) is 6.42 Å². The van der Waals surface area contributed by atoms with Gasteiger partial charge in [0, 0.05) is 12.4 Å². The van der Waals surface area contributed by atoms with Crippen LogP contribution in [0.4, 0.5) is 5.95 Å². The summed E-state index contributed by atoms with van der Waals surface area (Å²) in [6, 6.07) is 11.4. The minimum Gasteiger partial charge on any atom is -0.497 e. The van der Waals surface area contributed by atoms with Crippen LogP contribution in [0.15, 0.2) is 48.8 Å². The number of anilines is 1. The van der Waals surface area contributed by atoms with Gasteiger partial charge in [-0.2, -0.15) is 0 Å². The first-order valence-corrected chi connectivity index (χ1v) is 9.82. The van der Waals surface area contributed by atoms with Gasteiger partial charge in [0.1, 0.15) is 5.75 Å². The van der Waals surface area contributed by atoms with Crippen molar-refractivity contribution in [3.8, 4) is 16.3 Å². The maximum absolute atomic E-state index is 6.51. The van der Waals surface area contributed by atoms with Gasteiger partial charge in [-0.15, -0.1) is 11.3 Å². The lowest BCUT2D eigenvalue weighted by molar-refractivity contribution is 0.414. The van der Waals surface area contributed by atoms with Crippen LogP contribution in [0, 0.1) is 0 Å². The van der Waals surface area contributed by atoms with E-state index in [0.29, 0.717) is 0 Å². The van der Waals surface area contributed by atoms with E-state index in [1.54, 1.807) is 24.6 Å². The second-order valence-corrected chi connectivity index (χ2v) is 7.48. The van der Waals surface area contributed by atoms with E-state index in [9.17, 15) is 0 Å². The van der Waals surface area contributed by atoms with E-state index in [1.807, 2.05) is 36.5 Å². The first-order chi connectivity index (χ1) is 13.6. The number of nitrogen functional groups attached to an aromatic ring is 1. The van der Waals surface area contributed by atoms with Crippen LogP contribution in [0.3, 0.4) is 0 Å². The van der Waals surface area contributed by atoms with E-state index >= 15 is 0 Å². The number of thiophene rings is 1. The number of benzene rings is 1. The van der Waals surface area contributed by atoms with Crippen molar-refractivity contribution in [1.82, 2.24) is 15.0 Å². The second kappa shape index (κ2) is 7.53. The molecule has 0 aliphatic carbocycles. The number of aromatic nitrogens is 3. The molecule has 0 amide bonds. The van der Waals surface area contributed by atoms with Crippen molar-refractivity contribution < 1.29 is 4.74 Å². The Kier molecular flexibility index (Phi) is 4.93. The number of rotatable bonds is 5. The minimum absolute atomic E-state index is 0.274. The van der Waals surface area contributed by atoms with Gasteiger partial charge < -0.3 is 16.2 Å². The number of hydrogen-bond acceptors (Lipinski definition) is 7. The fourth-order valence-corrected chi connectivity index (χ4v) is 4.52. The highest BCUT2D eigenvalue weighted by Gasteiger charge is 2.18. The van der Waals surface area contributed by atoms with Crippen LogP contribution >= 0.6 is 11.3 Å². The summed E-state index contributed by atoms with van der Waals surface area (Å²) in [5, 5.41) is 1.16. The molecule has 0 saturated heterocycles. The van der Waals surface area contributed by atoms with E-state index in [0.717, 1.165) is 44.1 Å². The van der Waals surface area contributed by atoms with Gasteiger partial charge in [0.2, 0.25) is 5.95 Å². The molecule has 6 nitrogen and oxygen atoms in total. The molecule has 4 rings (SSSR count). The summed E-state index contributed by atoms with van der Waals surface area (Å²) in [5.41, 5.74) is 16.1. The van der Waals surface area contributed by atoms with Crippen molar-refractivity contribution in [1.29, 1.82) is 0 Å². The van der Waals surface area contributed by atoms with Crippen LogP contribution in [-0.4, -0.2) is 22.1 Å². The zero-order valence-electron chi connectivity index (χ0n) is 15.7. The number of fused-ring (bicyclic) bond motifs is 1. The molecule has 7 heteroatoms. The summed E-state index contributed by atoms with van der Waals surface area (Å²) in [7, 11) is 1.65. The largest absolute Gasteiger partial charge is 0.497 e. The van der Waals surface area contributed by atoms with Crippen LogP contribution in [0.5, 0.6) is 5.75 Å². The zero-order chi connectivity index (χ0) is 19.7. The third kappa shape index (κ3) is 3.30. The number of ether oxygens (including phenoxy) is 1. The summed E-state index contributed by atoms with van der Waals surface area (Å²) in [4.78, 5) is 14.1. The van der Waals surface area contributed by atoms with Gasteiger partial charge in [0.15, 0.2) is 0 Å². The maximum atomic E-state index is 6.51. The molecular formula is C21H21N5OS. The van der Waals surface area contributed by atoms with Crippen molar-refractivity contribution in [3.63, 3.8) is 0 Å². The van der Waals surface area contributed by atoms with Crippen LogP contribution in [0.2, 0.25) is 0 Å². The maximum Gasteiger partial charge on any atom is 0.220 e. The lowest BCUT2D eigenvalue weighted by atomic mass is 10.0. The Morgan fingerprint density at radius 1 is 1.18 bits per heavy atom. The Balaban J connectivity index is 1.80. The Bertz CT molecular complexity index is 1140. The Hall–Kier alpha value is -3.03. The lowest BCUT2D eigenvalue weighted by Gasteiger charge is -2.13. The standard InChI is InChI=1S/C21H21N5OS/c1-3-14-15-10-17(19(22)12-5-4-6-13(9-12)27-2)25-11-18(15)28-20(14)16-7-8-24-21(23)26-16/h4-11,19H,3,22H2,1-2H3,(H2,23,24,26). The molecule has 3 aromatic heterocycles. The normalized spacial score (nSPS) is 12.2. The molecule has 4 N–H and O–H groups in total. The average Bonchev–Trinajstić information content (AvgIpc) is 3.11. The molecule has 0 aliphatic heterocycles. The van der Waals surface area contributed by atoms with Crippen molar-refractivity contribution in [2.45, 2.75) is 19.4 Å². The monoisotopic (exact) mass is 391 g/mol. The van der Waals surface area contributed by atoms with Gasteiger partial charge in [0.05, 0.1) is 34.1 Å². The Morgan fingerprint density at radius 3 is 2.79 bits per heavy atom. The highest BCUT2D eigenvalue weighted by atomic mass is 32.1. The summed E-state index contributed by atoms with van der Waals surface area (Å²) in [6.45, 7) is 2.14. The van der Waals surface area contributed by atoms with E-state index in [2.05, 4.69) is 27.9 Å². The molecule has 28 heavy (non-hydrogen) atoms. The van der Waals surface area contributed by atoms with E-state index < -0.39 is 0 Å². The van der Waals surface area contributed by atoms with E-state index in [4.69, 9.17) is 16.2 Å². The molecule has 0 fully saturated rings. The fourth-order valence-electron chi connectivity index (χ4n) is 3.30. The number of nitrogens with zero attached hydrogens (tertiary/aromatic N) is 3. The fraction of sp³-hybridized carbons (Fsp3) is 0.190. The van der Waals surface area contributed by atoms with Crippen molar-refractivity contribution in [2.75, 3.05) is 12.8 Å². The first-order valence-electron chi connectivity index (χ1n) is 9.00. The summed E-state index contributed by atoms with van der Waals surface area (Å²) < 4.78 is 6.42. The minimum atomic E-state index is -0.331. The van der Waals surface area contributed by atoms with Crippen molar-refractivity contribution >= 4 is 27.4 Å². The lowest BCUT2D eigenvalue weighted by Crippen LogP contribution is -2.13.